The minimum absolute atomic E-state index is 0.00773. The van der Waals surface area contributed by atoms with E-state index in [1.807, 2.05) is 24.3 Å². The van der Waals surface area contributed by atoms with Crippen LogP contribution in [0.1, 0.15) is 63.4 Å². The summed E-state index contributed by atoms with van der Waals surface area (Å²) < 4.78 is 17.8. The van der Waals surface area contributed by atoms with Crippen molar-refractivity contribution in [1.29, 1.82) is 0 Å². The summed E-state index contributed by atoms with van der Waals surface area (Å²) in [5.41, 5.74) is 1.35. The molecule has 1 saturated carbocycles. The minimum Gasteiger partial charge on any atom is -0.497 e. The van der Waals surface area contributed by atoms with Crippen LogP contribution in [0, 0.1) is 0 Å². The lowest BCUT2D eigenvalue weighted by Gasteiger charge is -2.22. The highest BCUT2D eigenvalue weighted by Gasteiger charge is 2.21. The van der Waals surface area contributed by atoms with E-state index in [0.29, 0.717) is 59.9 Å². The average molecular weight is 595 g/mol. The van der Waals surface area contributed by atoms with E-state index in [-0.39, 0.29) is 36.0 Å². The zero-order chi connectivity index (χ0) is 29.3. The fraction of sp³-hybridized carbons (Fsp3) is 0.484. The van der Waals surface area contributed by atoms with E-state index in [2.05, 4.69) is 10.6 Å². The van der Waals surface area contributed by atoms with Gasteiger partial charge < -0.3 is 24.8 Å². The van der Waals surface area contributed by atoms with Gasteiger partial charge in [0.05, 0.1) is 23.8 Å². The van der Waals surface area contributed by atoms with Gasteiger partial charge in [0.25, 0.3) is 5.56 Å². The number of unbranched alkanes of at least 4 members (excludes halogenated alkanes) is 2. The second-order valence-electron chi connectivity index (χ2n) is 10.7. The van der Waals surface area contributed by atoms with E-state index >= 15 is 0 Å². The molecule has 1 fully saturated rings. The molecule has 2 N–H and O–H groups in total. The summed E-state index contributed by atoms with van der Waals surface area (Å²) in [6, 6.07) is 11.2. The SMILES string of the molecule is COc1ccc(CNC(=O)CCCCCn2c(SCC(=O)NC3CCCCC3)nc3cc4c(cc3c2=O)OCO4)cc1. The van der Waals surface area contributed by atoms with Crippen LogP contribution in [-0.4, -0.2) is 47.1 Å². The molecule has 2 heterocycles. The summed E-state index contributed by atoms with van der Waals surface area (Å²) in [7, 11) is 1.62. The van der Waals surface area contributed by atoms with Crippen LogP contribution in [0.3, 0.4) is 0 Å². The number of carbonyl (C=O) groups is 2. The number of carbonyl (C=O) groups excluding carboxylic acids is 2. The Kier molecular flexibility index (Phi) is 10.2. The maximum atomic E-state index is 13.6. The van der Waals surface area contributed by atoms with Crippen LogP contribution in [0.15, 0.2) is 46.3 Å². The Morgan fingerprint density at radius 3 is 2.55 bits per heavy atom. The largest absolute Gasteiger partial charge is 0.497 e. The molecule has 2 aliphatic rings. The molecule has 1 aliphatic heterocycles. The zero-order valence-electron chi connectivity index (χ0n) is 24.0. The first kappa shape index (κ1) is 29.8. The average Bonchev–Trinajstić information content (AvgIpc) is 3.47. The summed E-state index contributed by atoms with van der Waals surface area (Å²) in [4.78, 5) is 43.4. The van der Waals surface area contributed by atoms with Crippen LogP contribution >= 0.6 is 11.8 Å². The van der Waals surface area contributed by atoms with E-state index in [4.69, 9.17) is 19.2 Å². The molecule has 1 aromatic heterocycles. The number of amides is 2. The number of ether oxygens (including phenoxy) is 3. The molecule has 2 amide bonds. The minimum atomic E-state index is -0.175. The molecular formula is C31H38N4O6S. The third-order valence-electron chi connectivity index (χ3n) is 7.65. The predicted molar refractivity (Wildman–Crippen MR) is 161 cm³/mol. The third kappa shape index (κ3) is 7.76. The van der Waals surface area contributed by atoms with Crippen molar-refractivity contribution in [3.8, 4) is 17.2 Å². The molecule has 0 radical (unpaired) electrons. The molecule has 0 bridgehead atoms. The topological polar surface area (TPSA) is 121 Å². The van der Waals surface area contributed by atoms with Gasteiger partial charge in [-0.15, -0.1) is 0 Å². The van der Waals surface area contributed by atoms with Crippen LogP contribution in [0.25, 0.3) is 10.9 Å². The highest BCUT2D eigenvalue weighted by Crippen LogP contribution is 2.35. The second kappa shape index (κ2) is 14.4. The van der Waals surface area contributed by atoms with Gasteiger partial charge in [0, 0.05) is 31.6 Å². The molecule has 11 heteroatoms. The lowest BCUT2D eigenvalue weighted by atomic mass is 9.95. The molecule has 224 valence electrons. The summed E-state index contributed by atoms with van der Waals surface area (Å²) in [6.07, 6.45) is 8.13. The summed E-state index contributed by atoms with van der Waals surface area (Å²) in [5.74, 6) is 2.00. The Labute approximate surface area is 249 Å². The van der Waals surface area contributed by atoms with Crippen LogP contribution < -0.4 is 30.4 Å². The Balaban J connectivity index is 1.17. The maximum absolute atomic E-state index is 13.6. The Bertz CT molecular complexity index is 1450. The first-order chi connectivity index (χ1) is 20.5. The molecule has 42 heavy (non-hydrogen) atoms. The van der Waals surface area contributed by atoms with Crippen molar-refractivity contribution in [1.82, 2.24) is 20.2 Å². The molecule has 3 aromatic rings. The van der Waals surface area contributed by atoms with Gasteiger partial charge in [-0.2, -0.15) is 0 Å². The first-order valence-electron chi connectivity index (χ1n) is 14.7. The molecule has 0 unspecified atom stereocenters. The number of methoxy groups -OCH3 is 1. The van der Waals surface area contributed by atoms with Gasteiger partial charge in [-0.3, -0.25) is 19.0 Å². The number of fused-ring (bicyclic) bond motifs is 2. The van der Waals surface area contributed by atoms with Crippen molar-refractivity contribution in [2.75, 3.05) is 19.7 Å². The van der Waals surface area contributed by atoms with Crippen molar-refractivity contribution in [3.63, 3.8) is 0 Å². The van der Waals surface area contributed by atoms with Crippen molar-refractivity contribution in [2.24, 2.45) is 0 Å². The van der Waals surface area contributed by atoms with Crippen molar-refractivity contribution in [3.05, 3.63) is 52.3 Å². The molecule has 10 nitrogen and oxygen atoms in total. The highest BCUT2D eigenvalue weighted by molar-refractivity contribution is 7.99. The molecule has 2 aromatic carbocycles. The van der Waals surface area contributed by atoms with Crippen LogP contribution in [0.4, 0.5) is 0 Å². The number of nitrogens with one attached hydrogen (secondary N) is 2. The molecular weight excluding hydrogens is 556 g/mol. The number of thioether (sulfide) groups is 1. The summed E-state index contributed by atoms with van der Waals surface area (Å²) in [6.45, 7) is 1.01. The number of rotatable bonds is 13. The Hall–Kier alpha value is -3.73. The smallest absolute Gasteiger partial charge is 0.262 e. The normalized spacial score (nSPS) is 14.6. The van der Waals surface area contributed by atoms with E-state index in [0.717, 1.165) is 43.4 Å². The third-order valence-corrected chi connectivity index (χ3v) is 8.63. The number of hydrogen-bond acceptors (Lipinski definition) is 8. The van der Waals surface area contributed by atoms with Crippen molar-refractivity contribution >= 4 is 34.5 Å². The van der Waals surface area contributed by atoms with Gasteiger partial charge in [-0.25, -0.2) is 4.98 Å². The van der Waals surface area contributed by atoms with Crippen molar-refractivity contribution < 1.29 is 23.8 Å². The zero-order valence-corrected chi connectivity index (χ0v) is 24.8. The molecule has 5 rings (SSSR count). The molecule has 1 aliphatic carbocycles. The summed E-state index contributed by atoms with van der Waals surface area (Å²) in [5, 5.41) is 7.04. The van der Waals surface area contributed by atoms with Gasteiger partial charge in [0.1, 0.15) is 5.75 Å². The van der Waals surface area contributed by atoms with Gasteiger partial charge in [-0.05, 0) is 49.4 Å². The molecule has 0 saturated heterocycles. The van der Waals surface area contributed by atoms with E-state index in [1.54, 1.807) is 23.8 Å². The standard InChI is InChI=1S/C31H38N4O6S/c1-39-23-13-11-21(12-14-23)18-32-28(36)10-6-3-7-15-35-30(38)24-16-26-27(41-20-40-26)17-25(24)34-31(35)42-19-29(37)33-22-8-4-2-5-9-22/h11-14,16-17,22H,2-10,15,18-20H2,1H3,(H,32,36)(H,33,37). The van der Waals surface area contributed by atoms with E-state index in [9.17, 15) is 14.4 Å². The van der Waals surface area contributed by atoms with Gasteiger partial charge in [0.15, 0.2) is 16.7 Å². The number of hydrogen-bond donors (Lipinski definition) is 2. The summed E-state index contributed by atoms with van der Waals surface area (Å²) >= 11 is 1.28. The number of aromatic nitrogens is 2. The second-order valence-corrected chi connectivity index (χ2v) is 11.6. The van der Waals surface area contributed by atoms with Crippen molar-refractivity contribution in [2.45, 2.75) is 82.1 Å². The first-order valence-corrected chi connectivity index (χ1v) is 15.6. The highest BCUT2D eigenvalue weighted by atomic mass is 32.2. The van der Waals surface area contributed by atoms with Gasteiger partial charge in [0.2, 0.25) is 18.6 Å². The van der Waals surface area contributed by atoms with Gasteiger partial charge in [-0.1, -0.05) is 49.6 Å². The molecule has 0 spiro atoms. The fourth-order valence-corrected chi connectivity index (χ4v) is 6.15. The Morgan fingerprint density at radius 2 is 1.79 bits per heavy atom. The Morgan fingerprint density at radius 1 is 1.02 bits per heavy atom. The molecule has 0 atom stereocenters. The quantitative estimate of drug-likeness (QED) is 0.168. The predicted octanol–water partition coefficient (Wildman–Crippen LogP) is 4.55. The maximum Gasteiger partial charge on any atom is 0.262 e. The lowest BCUT2D eigenvalue weighted by Crippen LogP contribution is -2.37. The fourth-order valence-electron chi connectivity index (χ4n) is 5.31. The number of nitrogens with zero attached hydrogens (tertiary/aromatic N) is 2. The van der Waals surface area contributed by atoms with E-state index in [1.165, 1.54) is 18.2 Å². The number of benzene rings is 2. The van der Waals surface area contributed by atoms with Crippen LogP contribution in [0.2, 0.25) is 0 Å². The lowest BCUT2D eigenvalue weighted by molar-refractivity contribution is -0.121. The monoisotopic (exact) mass is 594 g/mol. The van der Waals surface area contributed by atoms with Crippen LogP contribution in [-0.2, 0) is 22.7 Å². The van der Waals surface area contributed by atoms with E-state index < -0.39 is 0 Å². The van der Waals surface area contributed by atoms with Crippen LogP contribution in [0.5, 0.6) is 17.2 Å². The van der Waals surface area contributed by atoms with Gasteiger partial charge >= 0.3 is 0 Å².